The lowest BCUT2D eigenvalue weighted by Crippen LogP contribution is -2.07. The highest BCUT2D eigenvalue weighted by Crippen LogP contribution is 2.19. The Bertz CT molecular complexity index is 236. The Morgan fingerprint density at radius 3 is 2.53 bits per heavy atom. The first-order valence-electron chi connectivity index (χ1n) is 6.71. The molecule has 0 radical (unpaired) electrons. The second-order valence-electron chi connectivity index (χ2n) is 4.79. The first kappa shape index (κ1) is 16.5. The van der Waals surface area contributed by atoms with Crippen molar-refractivity contribution in [3.63, 3.8) is 0 Å². The van der Waals surface area contributed by atoms with Gasteiger partial charge in [0.15, 0.2) is 0 Å². The quantitative estimate of drug-likeness (QED) is 0.614. The normalized spacial score (nSPS) is 16.4. The van der Waals surface area contributed by atoms with E-state index in [0.717, 1.165) is 12.5 Å². The molecule has 2 nitrogen and oxygen atoms in total. The molecule has 3 heteroatoms. The average Bonchev–Trinajstić information content (AvgIpc) is 2.35. The van der Waals surface area contributed by atoms with Gasteiger partial charge in [0.1, 0.15) is 0 Å². The van der Waals surface area contributed by atoms with Crippen molar-refractivity contribution in [2.75, 3.05) is 6.54 Å². The third-order valence-corrected chi connectivity index (χ3v) is 3.42. The van der Waals surface area contributed by atoms with Gasteiger partial charge in [0, 0.05) is 19.0 Å². The van der Waals surface area contributed by atoms with Crippen LogP contribution in [0, 0.1) is 11.8 Å². The van der Waals surface area contributed by atoms with Gasteiger partial charge in [-0.25, -0.2) is 0 Å². The Labute approximate surface area is 111 Å². The van der Waals surface area contributed by atoms with Gasteiger partial charge >= 0.3 is 0 Å². The number of hydrogen-bond acceptors (Lipinski definition) is 2. The molecule has 0 rings (SSSR count). The fraction of sp³-hybridized carbons (Fsp3) is 0.786. The predicted molar refractivity (Wildman–Crippen MR) is 78.6 cm³/mol. The number of allylic oxidation sites excluding steroid dienone is 1. The van der Waals surface area contributed by atoms with Crippen molar-refractivity contribution in [1.29, 1.82) is 0 Å². The van der Waals surface area contributed by atoms with Gasteiger partial charge in [-0.2, -0.15) is 0 Å². The number of nitrogens with two attached hydrogens (primary N) is 1. The summed E-state index contributed by atoms with van der Waals surface area (Å²) in [6.07, 6.45) is 9.34. The van der Waals surface area contributed by atoms with Crippen LogP contribution in [0.1, 0.15) is 52.9 Å². The topological polar surface area (TPSA) is 38.4 Å². The highest BCUT2D eigenvalue weighted by Gasteiger charge is 2.08. The molecule has 2 atom stereocenters. The average molecular weight is 259 g/mol. The number of rotatable bonds is 9. The number of halogens is 1. The lowest BCUT2D eigenvalue weighted by molar-refractivity contribution is 0.388. The first-order valence-corrected chi connectivity index (χ1v) is 7.08. The van der Waals surface area contributed by atoms with Gasteiger partial charge in [-0.1, -0.05) is 51.6 Å². The van der Waals surface area contributed by atoms with Crippen LogP contribution < -0.4 is 5.73 Å². The van der Waals surface area contributed by atoms with E-state index in [1.54, 1.807) is 6.21 Å². The molecule has 2 unspecified atom stereocenters. The van der Waals surface area contributed by atoms with Gasteiger partial charge in [0.05, 0.1) is 5.03 Å². The second-order valence-corrected chi connectivity index (χ2v) is 5.23. The second kappa shape index (κ2) is 10.6. The van der Waals surface area contributed by atoms with Crippen LogP contribution >= 0.6 is 11.6 Å². The predicted octanol–water partition coefficient (Wildman–Crippen LogP) is 4.34. The van der Waals surface area contributed by atoms with Crippen LogP contribution in [0.2, 0.25) is 0 Å². The summed E-state index contributed by atoms with van der Waals surface area (Å²) in [5, 5.41) is 0.516. The minimum atomic E-state index is 0.516. The van der Waals surface area contributed by atoms with E-state index in [9.17, 15) is 0 Å². The molecule has 100 valence electrons. The van der Waals surface area contributed by atoms with Gasteiger partial charge in [-0.3, -0.25) is 4.99 Å². The molecule has 2 N–H and O–H groups in total. The van der Waals surface area contributed by atoms with E-state index >= 15 is 0 Å². The summed E-state index contributed by atoms with van der Waals surface area (Å²) in [6, 6.07) is 0. The first-order chi connectivity index (χ1) is 8.13. The highest BCUT2D eigenvalue weighted by molar-refractivity contribution is 6.39. The van der Waals surface area contributed by atoms with Gasteiger partial charge in [-0.15, -0.1) is 0 Å². The Morgan fingerprint density at radius 1 is 1.29 bits per heavy atom. The summed E-state index contributed by atoms with van der Waals surface area (Å²) >= 11 is 5.76. The van der Waals surface area contributed by atoms with Crippen LogP contribution in [0.25, 0.3) is 0 Å². The zero-order chi connectivity index (χ0) is 13.1. The van der Waals surface area contributed by atoms with Crippen LogP contribution in [-0.4, -0.2) is 12.8 Å². The standard InChI is InChI=1S/C14H27ClN2/c1-4-6-13(8-7-12(3)5-2)10-17-11-14(15)9-16/h9,11-13H,4-8,10,16H2,1-3H3/b14-9+,17-11?. The summed E-state index contributed by atoms with van der Waals surface area (Å²) in [5.74, 6) is 1.51. The van der Waals surface area contributed by atoms with E-state index in [0.29, 0.717) is 11.0 Å². The van der Waals surface area contributed by atoms with E-state index in [1.165, 1.54) is 38.3 Å². The molecule has 0 saturated heterocycles. The van der Waals surface area contributed by atoms with Crippen LogP contribution in [0.3, 0.4) is 0 Å². The van der Waals surface area contributed by atoms with E-state index in [2.05, 4.69) is 25.8 Å². The van der Waals surface area contributed by atoms with Crippen molar-refractivity contribution in [3.8, 4) is 0 Å². The maximum atomic E-state index is 5.76. The van der Waals surface area contributed by atoms with Crippen LogP contribution in [-0.2, 0) is 0 Å². The van der Waals surface area contributed by atoms with Crippen LogP contribution in [0.15, 0.2) is 16.2 Å². The molecule has 0 fully saturated rings. The molecule has 0 bridgehead atoms. The molecule has 0 aromatic rings. The number of aliphatic imine (C=N–C) groups is 1. The lowest BCUT2D eigenvalue weighted by Gasteiger charge is -2.16. The lowest BCUT2D eigenvalue weighted by atomic mass is 9.92. The Morgan fingerprint density at radius 2 is 2.00 bits per heavy atom. The SMILES string of the molecule is CCCC(CCC(C)CC)CN=C/C(Cl)=C\N. The van der Waals surface area contributed by atoms with E-state index in [1.807, 2.05) is 0 Å². The van der Waals surface area contributed by atoms with Crippen molar-refractivity contribution in [2.45, 2.75) is 52.9 Å². The minimum Gasteiger partial charge on any atom is -0.403 e. The van der Waals surface area contributed by atoms with Crippen molar-refractivity contribution in [3.05, 3.63) is 11.2 Å². The maximum absolute atomic E-state index is 5.76. The van der Waals surface area contributed by atoms with Crippen LogP contribution in [0.5, 0.6) is 0 Å². The van der Waals surface area contributed by atoms with Crippen molar-refractivity contribution in [1.82, 2.24) is 0 Å². The van der Waals surface area contributed by atoms with E-state index < -0.39 is 0 Å². The molecule has 0 aromatic carbocycles. The third-order valence-electron chi connectivity index (χ3n) is 3.20. The van der Waals surface area contributed by atoms with Crippen molar-refractivity contribution in [2.24, 2.45) is 22.6 Å². The molecule has 0 spiro atoms. The highest BCUT2D eigenvalue weighted by atomic mass is 35.5. The molecule has 0 amide bonds. The van der Waals surface area contributed by atoms with Gasteiger partial charge in [-0.05, 0) is 24.7 Å². The van der Waals surface area contributed by atoms with Gasteiger partial charge < -0.3 is 5.73 Å². The van der Waals surface area contributed by atoms with E-state index in [4.69, 9.17) is 17.3 Å². The zero-order valence-electron chi connectivity index (χ0n) is 11.5. The molecule has 0 aromatic heterocycles. The summed E-state index contributed by atoms with van der Waals surface area (Å²) in [7, 11) is 0. The number of nitrogens with zero attached hydrogens (tertiary/aromatic N) is 1. The third kappa shape index (κ3) is 9.22. The Balaban J connectivity index is 4.01. The summed E-state index contributed by atoms with van der Waals surface area (Å²) in [5.41, 5.74) is 5.28. The molecule has 0 saturated carbocycles. The molecule has 0 aliphatic carbocycles. The summed E-state index contributed by atoms with van der Waals surface area (Å²) in [4.78, 5) is 4.36. The van der Waals surface area contributed by atoms with Gasteiger partial charge in [0.25, 0.3) is 0 Å². The summed E-state index contributed by atoms with van der Waals surface area (Å²) < 4.78 is 0. The van der Waals surface area contributed by atoms with Crippen molar-refractivity contribution < 1.29 is 0 Å². The fourth-order valence-electron chi connectivity index (χ4n) is 1.79. The smallest absolute Gasteiger partial charge is 0.0738 e. The molecule has 0 aliphatic heterocycles. The largest absolute Gasteiger partial charge is 0.403 e. The molecular formula is C14H27ClN2. The maximum Gasteiger partial charge on any atom is 0.0738 e. The van der Waals surface area contributed by atoms with Crippen LogP contribution in [0.4, 0.5) is 0 Å². The number of hydrogen-bond donors (Lipinski definition) is 1. The fourth-order valence-corrected chi connectivity index (χ4v) is 1.86. The minimum absolute atomic E-state index is 0.516. The Hall–Kier alpha value is -0.500. The van der Waals surface area contributed by atoms with Gasteiger partial charge in [0.2, 0.25) is 0 Å². The zero-order valence-corrected chi connectivity index (χ0v) is 12.2. The van der Waals surface area contributed by atoms with E-state index in [-0.39, 0.29) is 0 Å². The molecular weight excluding hydrogens is 232 g/mol. The Kier molecular flexibility index (Phi) is 10.3. The molecule has 0 aliphatic rings. The monoisotopic (exact) mass is 258 g/mol. The molecule has 0 heterocycles. The molecule has 17 heavy (non-hydrogen) atoms. The summed E-state index contributed by atoms with van der Waals surface area (Å²) in [6.45, 7) is 7.67. The van der Waals surface area contributed by atoms with Crippen molar-refractivity contribution >= 4 is 17.8 Å².